The van der Waals surface area contributed by atoms with Crippen LogP contribution < -0.4 is 20.1 Å². The number of ether oxygens (including phenoxy) is 2. The first-order valence-corrected chi connectivity index (χ1v) is 11.1. The number of hydrogen-bond acceptors (Lipinski definition) is 4. The second-order valence-corrected chi connectivity index (χ2v) is 8.61. The van der Waals surface area contributed by atoms with Crippen molar-refractivity contribution in [2.75, 3.05) is 13.3 Å². The molecule has 2 aliphatic rings. The third-order valence-electron chi connectivity index (χ3n) is 6.40. The zero-order valence-corrected chi connectivity index (χ0v) is 17.9. The maximum Gasteiger partial charge on any atom is 0.231 e. The van der Waals surface area contributed by atoms with Crippen molar-refractivity contribution in [3.63, 3.8) is 0 Å². The minimum absolute atomic E-state index is 0.00710. The lowest BCUT2D eigenvalue weighted by Crippen LogP contribution is -2.44. The van der Waals surface area contributed by atoms with E-state index in [1.165, 1.54) is 5.39 Å². The summed E-state index contributed by atoms with van der Waals surface area (Å²) in [4.78, 5) is 24.6. The molecule has 1 atom stereocenters. The highest BCUT2D eigenvalue weighted by Crippen LogP contribution is 2.36. The Hall–Kier alpha value is -3.48. The largest absolute Gasteiger partial charge is 0.454 e. The van der Waals surface area contributed by atoms with E-state index in [1.807, 2.05) is 36.5 Å². The molecular formula is C25H27N3O4. The van der Waals surface area contributed by atoms with Gasteiger partial charge in [-0.15, -0.1) is 0 Å². The molecule has 2 aliphatic heterocycles. The summed E-state index contributed by atoms with van der Waals surface area (Å²) in [6.45, 7) is 1.52. The van der Waals surface area contributed by atoms with Gasteiger partial charge in [0, 0.05) is 43.2 Å². The molecule has 0 bridgehead atoms. The molecular weight excluding hydrogens is 406 g/mol. The van der Waals surface area contributed by atoms with Crippen LogP contribution in [0.2, 0.25) is 0 Å². The topological polar surface area (TPSA) is 81.6 Å². The second-order valence-electron chi connectivity index (χ2n) is 8.61. The van der Waals surface area contributed by atoms with Gasteiger partial charge < -0.3 is 24.7 Å². The molecule has 1 fully saturated rings. The van der Waals surface area contributed by atoms with E-state index in [-0.39, 0.29) is 18.6 Å². The van der Waals surface area contributed by atoms with E-state index in [2.05, 4.69) is 33.4 Å². The van der Waals surface area contributed by atoms with Gasteiger partial charge in [-0.05, 0) is 54.5 Å². The number of benzene rings is 2. The van der Waals surface area contributed by atoms with Crippen LogP contribution in [-0.2, 0) is 22.6 Å². The average Bonchev–Trinajstić information content (AvgIpc) is 3.51. The molecule has 1 saturated heterocycles. The van der Waals surface area contributed by atoms with Crippen molar-refractivity contribution in [2.24, 2.45) is 0 Å². The molecule has 2 amide bonds. The SMILES string of the molecule is O=C(CC[C@]1(Cc2ccc3c(c2)OCO3)CCC(=O)N1)NCCn1ccc2ccccc21. The van der Waals surface area contributed by atoms with Gasteiger partial charge in [0.1, 0.15) is 0 Å². The van der Waals surface area contributed by atoms with Crippen molar-refractivity contribution >= 4 is 22.7 Å². The Morgan fingerprint density at radius 1 is 1.12 bits per heavy atom. The van der Waals surface area contributed by atoms with Crippen molar-refractivity contribution in [3.8, 4) is 11.5 Å². The third-order valence-corrected chi connectivity index (χ3v) is 6.40. The summed E-state index contributed by atoms with van der Waals surface area (Å²) >= 11 is 0. The third kappa shape index (κ3) is 4.28. The zero-order valence-electron chi connectivity index (χ0n) is 17.9. The lowest BCUT2D eigenvalue weighted by Gasteiger charge is -2.29. The molecule has 0 unspecified atom stereocenters. The van der Waals surface area contributed by atoms with Crippen LogP contribution >= 0.6 is 0 Å². The summed E-state index contributed by atoms with van der Waals surface area (Å²) in [5.41, 5.74) is 1.83. The molecule has 2 N–H and O–H groups in total. The van der Waals surface area contributed by atoms with E-state index in [0.717, 1.165) is 35.5 Å². The maximum atomic E-state index is 12.6. The standard InChI is InChI=1S/C25H27N3O4/c29-23(26-12-14-28-13-9-19-3-1-2-4-20(19)28)7-10-25(11-8-24(30)27-25)16-18-5-6-21-22(15-18)32-17-31-21/h1-6,9,13,15H,7-8,10-12,14,16-17H2,(H,26,29)(H,27,30)/t25-/m1/s1. The van der Waals surface area contributed by atoms with Gasteiger partial charge in [-0.3, -0.25) is 9.59 Å². The summed E-state index contributed by atoms with van der Waals surface area (Å²) in [6, 6.07) is 16.2. The van der Waals surface area contributed by atoms with Crippen molar-refractivity contribution in [1.29, 1.82) is 0 Å². The first kappa shape index (κ1) is 20.4. The monoisotopic (exact) mass is 433 g/mol. The predicted molar refractivity (Wildman–Crippen MR) is 121 cm³/mol. The Morgan fingerprint density at radius 3 is 2.88 bits per heavy atom. The number of carbonyl (C=O) groups excluding carboxylic acids is 2. The molecule has 3 aromatic rings. The van der Waals surface area contributed by atoms with Gasteiger partial charge in [0.05, 0.1) is 0 Å². The number of rotatable bonds is 8. The Bertz CT molecular complexity index is 1160. The highest BCUT2D eigenvalue weighted by Gasteiger charge is 2.38. The molecule has 0 saturated carbocycles. The summed E-state index contributed by atoms with van der Waals surface area (Å²) in [7, 11) is 0. The highest BCUT2D eigenvalue weighted by molar-refractivity contribution is 5.81. The Morgan fingerprint density at radius 2 is 2.00 bits per heavy atom. The number of nitrogens with zero attached hydrogens (tertiary/aromatic N) is 1. The molecule has 1 aromatic heterocycles. The first-order valence-electron chi connectivity index (χ1n) is 11.1. The van der Waals surface area contributed by atoms with Crippen molar-refractivity contribution < 1.29 is 19.1 Å². The number of nitrogens with one attached hydrogen (secondary N) is 2. The van der Waals surface area contributed by atoms with E-state index in [4.69, 9.17) is 9.47 Å². The van der Waals surface area contributed by atoms with Gasteiger partial charge >= 0.3 is 0 Å². The highest BCUT2D eigenvalue weighted by atomic mass is 16.7. The minimum atomic E-state index is -0.404. The van der Waals surface area contributed by atoms with Crippen LogP contribution in [0.5, 0.6) is 11.5 Å². The summed E-state index contributed by atoms with van der Waals surface area (Å²) in [5.74, 6) is 1.53. The quantitative estimate of drug-likeness (QED) is 0.572. The Kier molecular flexibility index (Phi) is 5.47. The van der Waals surface area contributed by atoms with Crippen LogP contribution in [0.4, 0.5) is 0 Å². The molecule has 7 heteroatoms. The van der Waals surface area contributed by atoms with E-state index < -0.39 is 5.54 Å². The average molecular weight is 434 g/mol. The van der Waals surface area contributed by atoms with Gasteiger partial charge in [-0.1, -0.05) is 24.3 Å². The van der Waals surface area contributed by atoms with Crippen LogP contribution in [0.25, 0.3) is 10.9 Å². The molecule has 5 rings (SSSR count). The lowest BCUT2D eigenvalue weighted by atomic mass is 9.85. The van der Waals surface area contributed by atoms with E-state index in [0.29, 0.717) is 32.2 Å². The lowest BCUT2D eigenvalue weighted by molar-refractivity contribution is -0.122. The number of para-hydroxylation sites is 1. The fourth-order valence-corrected chi connectivity index (χ4v) is 4.72. The number of amides is 2. The van der Waals surface area contributed by atoms with Gasteiger partial charge in [0.25, 0.3) is 0 Å². The molecule has 166 valence electrons. The van der Waals surface area contributed by atoms with Crippen molar-refractivity contribution in [1.82, 2.24) is 15.2 Å². The second kappa shape index (κ2) is 8.57. The predicted octanol–water partition coefficient (Wildman–Crippen LogP) is 3.16. The molecule has 7 nitrogen and oxygen atoms in total. The van der Waals surface area contributed by atoms with Crippen molar-refractivity contribution in [3.05, 3.63) is 60.3 Å². The number of aromatic nitrogens is 1. The van der Waals surface area contributed by atoms with Crippen LogP contribution in [0.3, 0.4) is 0 Å². The number of carbonyl (C=O) groups is 2. The van der Waals surface area contributed by atoms with Crippen molar-refractivity contribution in [2.45, 2.75) is 44.2 Å². The summed E-state index contributed by atoms with van der Waals surface area (Å²) in [5, 5.41) is 7.36. The van der Waals surface area contributed by atoms with Crippen LogP contribution in [0.1, 0.15) is 31.2 Å². The van der Waals surface area contributed by atoms with E-state index in [1.54, 1.807) is 0 Å². The molecule has 0 radical (unpaired) electrons. The zero-order chi connectivity index (χ0) is 22.0. The van der Waals surface area contributed by atoms with Gasteiger partial charge in [0.15, 0.2) is 11.5 Å². The normalized spacial score (nSPS) is 19.3. The summed E-state index contributed by atoms with van der Waals surface area (Å²) in [6.07, 6.45) is 4.90. The Labute approximate surface area is 186 Å². The Balaban J connectivity index is 1.16. The molecule has 0 aliphatic carbocycles. The van der Waals surface area contributed by atoms with Crippen LogP contribution in [0.15, 0.2) is 54.7 Å². The number of fused-ring (bicyclic) bond motifs is 2. The fraction of sp³-hybridized carbons (Fsp3) is 0.360. The fourth-order valence-electron chi connectivity index (χ4n) is 4.72. The van der Waals surface area contributed by atoms with Crippen LogP contribution in [0, 0.1) is 0 Å². The van der Waals surface area contributed by atoms with Gasteiger partial charge in [-0.2, -0.15) is 0 Å². The minimum Gasteiger partial charge on any atom is -0.454 e. The molecule has 32 heavy (non-hydrogen) atoms. The summed E-state index contributed by atoms with van der Waals surface area (Å²) < 4.78 is 13.0. The van der Waals surface area contributed by atoms with Crippen LogP contribution in [-0.4, -0.2) is 35.3 Å². The molecule has 2 aromatic carbocycles. The maximum absolute atomic E-state index is 12.6. The molecule has 3 heterocycles. The van der Waals surface area contributed by atoms with E-state index in [9.17, 15) is 9.59 Å². The number of hydrogen-bond donors (Lipinski definition) is 2. The smallest absolute Gasteiger partial charge is 0.231 e. The first-order chi connectivity index (χ1) is 15.6. The van der Waals surface area contributed by atoms with Gasteiger partial charge in [-0.25, -0.2) is 0 Å². The van der Waals surface area contributed by atoms with Gasteiger partial charge in [0.2, 0.25) is 18.6 Å². The van der Waals surface area contributed by atoms with E-state index >= 15 is 0 Å². The molecule has 0 spiro atoms.